The summed E-state index contributed by atoms with van der Waals surface area (Å²) >= 11 is 0. The summed E-state index contributed by atoms with van der Waals surface area (Å²) < 4.78 is 0. The topological polar surface area (TPSA) is 59.2 Å². The predicted molar refractivity (Wildman–Crippen MR) is 67.9 cm³/mol. The lowest BCUT2D eigenvalue weighted by Crippen LogP contribution is -2.28. The molecule has 4 heteroatoms. The highest BCUT2D eigenvalue weighted by atomic mass is 16.2. The molecule has 17 heavy (non-hydrogen) atoms. The Morgan fingerprint density at radius 3 is 2.94 bits per heavy atom. The molecule has 0 bridgehead atoms. The largest absolute Gasteiger partial charge is 0.326 e. The van der Waals surface area contributed by atoms with Crippen molar-refractivity contribution in [3.05, 3.63) is 23.9 Å². The summed E-state index contributed by atoms with van der Waals surface area (Å²) in [5, 5.41) is 0. The minimum absolute atomic E-state index is 0.0587. The number of pyridine rings is 1. The number of amides is 1. The van der Waals surface area contributed by atoms with E-state index in [0.717, 1.165) is 17.9 Å². The van der Waals surface area contributed by atoms with Crippen molar-refractivity contribution in [2.45, 2.75) is 38.6 Å². The predicted octanol–water partition coefficient (Wildman–Crippen LogP) is 1.66. The van der Waals surface area contributed by atoms with E-state index in [9.17, 15) is 4.79 Å². The molecule has 1 aromatic rings. The standard InChI is InChI=1S/C13H19N3O/c1-3-9(2)11-5-4-6-12(15-11)16-8-10(14)7-13(16)17/h4-6,9-10H,3,7-8,14H2,1-2H3/t9?,10-/m1/s1. The molecule has 0 aliphatic carbocycles. The fourth-order valence-electron chi connectivity index (χ4n) is 2.03. The summed E-state index contributed by atoms with van der Waals surface area (Å²) in [6.07, 6.45) is 1.47. The molecule has 0 saturated carbocycles. The molecular formula is C13H19N3O. The van der Waals surface area contributed by atoms with Crippen LogP contribution < -0.4 is 10.6 Å². The number of carbonyl (C=O) groups excluding carboxylic acids is 1. The second-order valence-electron chi connectivity index (χ2n) is 4.70. The molecule has 2 N–H and O–H groups in total. The Balaban J connectivity index is 2.24. The van der Waals surface area contributed by atoms with E-state index < -0.39 is 0 Å². The highest BCUT2D eigenvalue weighted by Gasteiger charge is 2.28. The van der Waals surface area contributed by atoms with Gasteiger partial charge in [0.2, 0.25) is 5.91 Å². The maximum Gasteiger partial charge on any atom is 0.229 e. The average molecular weight is 233 g/mol. The molecule has 2 rings (SSSR count). The zero-order chi connectivity index (χ0) is 12.4. The summed E-state index contributed by atoms with van der Waals surface area (Å²) in [5.74, 6) is 1.23. The van der Waals surface area contributed by atoms with Crippen LogP contribution in [0.1, 0.15) is 38.3 Å². The number of anilines is 1. The third kappa shape index (κ3) is 2.47. The molecule has 1 aromatic heterocycles. The summed E-state index contributed by atoms with van der Waals surface area (Å²) in [7, 11) is 0. The van der Waals surface area contributed by atoms with Crippen molar-refractivity contribution in [1.82, 2.24) is 4.98 Å². The van der Waals surface area contributed by atoms with Gasteiger partial charge in [0.1, 0.15) is 5.82 Å². The molecule has 1 aliphatic rings. The number of hydrogen-bond acceptors (Lipinski definition) is 3. The smallest absolute Gasteiger partial charge is 0.229 e. The zero-order valence-electron chi connectivity index (χ0n) is 10.4. The first-order valence-electron chi connectivity index (χ1n) is 6.14. The Hall–Kier alpha value is -1.42. The second-order valence-corrected chi connectivity index (χ2v) is 4.70. The summed E-state index contributed by atoms with van der Waals surface area (Å²) in [4.78, 5) is 18.0. The van der Waals surface area contributed by atoms with E-state index in [1.807, 2.05) is 18.2 Å². The van der Waals surface area contributed by atoms with Gasteiger partial charge in [-0.15, -0.1) is 0 Å². The van der Waals surface area contributed by atoms with Crippen molar-refractivity contribution in [2.24, 2.45) is 5.73 Å². The van der Waals surface area contributed by atoms with Crippen molar-refractivity contribution in [1.29, 1.82) is 0 Å². The van der Waals surface area contributed by atoms with Gasteiger partial charge >= 0.3 is 0 Å². The Morgan fingerprint density at radius 1 is 1.59 bits per heavy atom. The zero-order valence-corrected chi connectivity index (χ0v) is 10.4. The number of carbonyl (C=O) groups is 1. The van der Waals surface area contributed by atoms with Crippen molar-refractivity contribution in [2.75, 3.05) is 11.4 Å². The van der Waals surface area contributed by atoms with Gasteiger partial charge in [-0.2, -0.15) is 0 Å². The number of aromatic nitrogens is 1. The lowest BCUT2D eigenvalue weighted by atomic mass is 10.0. The van der Waals surface area contributed by atoms with Crippen molar-refractivity contribution >= 4 is 11.7 Å². The van der Waals surface area contributed by atoms with E-state index in [1.165, 1.54) is 0 Å². The van der Waals surface area contributed by atoms with Gasteiger partial charge < -0.3 is 5.73 Å². The Morgan fingerprint density at radius 2 is 2.35 bits per heavy atom. The van der Waals surface area contributed by atoms with E-state index in [4.69, 9.17) is 5.73 Å². The van der Waals surface area contributed by atoms with Gasteiger partial charge in [0, 0.05) is 24.7 Å². The Labute approximate surface area is 102 Å². The van der Waals surface area contributed by atoms with Gasteiger partial charge in [0.15, 0.2) is 0 Å². The third-order valence-electron chi connectivity index (χ3n) is 3.30. The van der Waals surface area contributed by atoms with E-state index in [0.29, 0.717) is 18.9 Å². The van der Waals surface area contributed by atoms with Crippen LogP contribution in [0.25, 0.3) is 0 Å². The number of nitrogens with two attached hydrogens (primary N) is 1. The molecule has 0 radical (unpaired) electrons. The molecule has 1 aliphatic heterocycles. The molecule has 0 aromatic carbocycles. The molecule has 92 valence electrons. The minimum Gasteiger partial charge on any atom is -0.326 e. The van der Waals surface area contributed by atoms with Crippen LogP contribution in [0.15, 0.2) is 18.2 Å². The van der Waals surface area contributed by atoms with Crippen LogP contribution in [0.2, 0.25) is 0 Å². The maximum atomic E-state index is 11.7. The van der Waals surface area contributed by atoms with Gasteiger partial charge in [-0.05, 0) is 24.5 Å². The highest BCUT2D eigenvalue weighted by molar-refractivity contribution is 5.95. The van der Waals surface area contributed by atoms with Crippen molar-refractivity contribution in [3.63, 3.8) is 0 Å². The lowest BCUT2D eigenvalue weighted by molar-refractivity contribution is -0.117. The second kappa shape index (κ2) is 4.84. The third-order valence-corrected chi connectivity index (χ3v) is 3.30. The monoisotopic (exact) mass is 233 g/mol. The Kier molecular flexibility index (Phi) is 3.43. The van der Waals surface area contributed by atoms with Crippen molar-refractivity contribution < 1.29 is 4.79 Å². The van der Waals surface area contributed by atoms with Crippen LogP contribution in [0, 0.1) is 0 Å². The molecule has 1 unspecified atom stereocenters. The minimum atomic E-state index is -0.0587. The fraction of sp³-hybridized carbons (Fsp3) is 0.538. The molecule has 1 saturated heterocycles. The average Bonchev–Trinajstić information content (AvgIpc) is 2.67. The van der Waals surface area contributed by atoms with Crippen LogP contribution in [0.3, 0.4) is 0 Å². The highest BCUT2D eigenvalue weighted by Crippen LogP contribution is 2.22. The van der Waals surface area contributed by atoms with Crippen molar-refractivity contribution in [3.8, 4) is 0 Å². The molecule has 2 atom stereocenters. The first-order chi connectivity index (χ1) is 8.11. The van der Waals surface area contributed by atoms with Crippen LogP contribution in [0.5, 0.6) is 0 Å². The quantitative estimate of drug-likeness (QED) is 0.863. The molecule has 4 nitrogen and oxygen atoms in total. The van der Waals surface area contributed by atoms with E-state index >= 15 is 0 Å². The van der Waals surface area contributed by atoms with Crippen LogP contribution in [0.4, 0.5) is 5.82 Å². The first-order valence-corrected chi connectivity index (χ1v) is 6.14. The van der Waals surface area contributed by atoms with Crippen LogP contribution in [-0.4, -0.2) is 23.5 Å². The van der Waals surface area contributed by atoms with Gasteiger partial charge in [-0.25, -0.2) is 4.98 Å². The summed E-state index contributed by atoms with van der Waals surface area (Å²) in [6.45, 7) is 4.86. The van der Waals surface area contributed by atoms with E-state index in [1.54, 1.807) is 4.90 Å². The maximum absolute atomic E-state index is 11.7. The van der Waals surface area contributed by atoms with E-state index in [2.05, 4.69) is 18.8 Å². The molecule has 1 fully saturated rings. The number of hydrogen-bond donors (Lipinski definition) is 1. The first kappa shape index (κ1) is 12.0. The molecule has 0 spiro atoms. The fourth-order valence-corrected chi connectivity index (χ4v) is 2.03. The Bertz CT molecular complexity index is 419. The summed E-state index contributed by atoms with van der Waals surface area (Å²) in [5.41, 5.74) is 6.83. The van der Waals surface area contributed by atoms with Gasteiger partial charge in [0.05, 0.1) is 0 Å². The SMILES string of the molecule is CCC(C)c1cccc(N2C[C@H](N)CC2=O)n1. The van der Waals surface area contributed by atoms with E-state index in [-0.39, 0.29) is 11.9 Å². The van der Waals surface area contributed by atoms with Gasteiger partial charge in [0.25, 0.3) is 0 Å². The van der Waals surface area contributed by atoms with Crippen LogP contribution >= 0.6 is 0 Å². The molecule has 1 amide bonds. The molecular weight excluding hydrogens is 214 g/mol. The molecule has 2 heterocycles. The van der Waals surface area contributed by atoms with Crippen LogP contribution in [-0.2, 0) is 4.79 Å². The lowest BCUT2D eigenvalue weighted by Gasteiger charge is -2.17. The number of nitrogens with zero attached hydrogens (tertiary/aromatic N) is 2. The number of rotatable bonds is 3. The normalized spacial score (nSPS) is 21.9. The van der Waals surface area contributed by atoms with Gasteiger partial charge in [-0.1, -0.05) is 19.9 Å². The van der Waals surface area contributed by atoms with Gasteiger partial charge in [-0.3, -0.25) is 9.69 Å². The summed E-state index contributed by atoms with van der Waals surface area (Å²) in [6, 6.07) is 5.79.